The topological polar surface area (TPSA) is 88.2 Å². The number of amides is 1. The zero-order valence-electron chi connectivity index (χ0n) is 16.4. The molecule has 2 heterocycles. The molecule has 2 aliphatic rings. The Morgan fingerprint density at radius 1 is 1.24 bits per heavy atom. The lowest BCUT2D eigenvalue weighted by molar-refractivity contribution is -0.145. The molecule has 156 valence electrons. The molecule has 0 unspecified atom stereocenters. The van der Waals surface area contributed by atoms with E-state index in [1.165, 1.54) is 0 Å². The first-order valence-corrected chi connectivity index (χ1v) is 10.5. The molecule has 1 N–H and O–H groups in total. The van der Waals surface area contributed by atoms with E-state index in [-0.39, 0.29) is 25.0 Å². The van der Waals surface area contributed by atoms with Gasteiger partial charge in [0.15, 0.2) is 0 Å². The second-order valence-electron chi connectivity index (χ2n) is 7.37. The third-order valence-electron chi connectivity index (χ3n) is 5.05. The molecule has 0 aliphatic carbocycles. The van der Waals surface area contributed by atoms with Gasteiger partial charge in [0, 0.05) is 17.3 Å². The average molecular weight is 466 g/mol. The fourth-order valence-electron chi connectivity index (χ4n) is 3.61. The van der Waals surface area contributed by atoms with Crippen LogP contribution in [0.2, 0.25) is 6.32 Å². The molecule has 8 nitrogen and oxygen atoms in total. The first-order chi connectivity index (χ1) is 13.9. The van der Waals surface area contributed by atoms with Crippen molar-refractivity contribution in [1.29, 1.82) is 0 Å². The lowest BCUT2D eigenvalue weighted by atomic mass is 9.83. The summed E-state index contributed by atoms with van der Waals surface area (Å²) in [6.07, 6.45) is 2.04. The number of benzene rings is 1. The minimum absolute atomic E-state index is 0.0217. The summed E-state index contributed by atoms with van der Waals surface area (Å²) in [6.45, 7) is 1.85. The Labute approximate surface area is 179 Å². The van der Waals surface area contributed by atoms with Gasteiger partial charge in [0.05, 0.1) is 19.1 Å². The third-order valence-corrected chi connectivity index (χ3v) is 5.83. The van der Waals surface area contributed by atoms with E-state index in [1.54, 1.807) is 11.9 Å². The molecule has 2 fully saturated rings. The SMILES string of the molecule is CN1CC(=O)OB(CCN2CCC[C@H]2C(=O)NCc2ccccc2Br)OC(=O)C1. The van der Waals surface area contributed by atoms with Gasteiger partial charge in [-0.05, 0) is 44.6 Å². The molecule has 3 rings (SSSR count). The summed E-state index contributed by atoms with van der Waals surface area (Å²) >= 11 is 3.49. The van der Waals surface area contributed by atoms with Crippen LogP contribution < -0.4 is 5.32 Å². The van der Waals surface area contributed by atoms with E-state index in [0.29, 0.717) is 19.4 Å². The second-order valence-corrected chi connectivity index (χ2v) is 8.23. The Morgan fingerprint density at radius 2 is 1.93 bits per heavy atom. The predicted molar refractivity (Wildman–Crippen MR) is 111 cm³/mol. The molecule has 0 saturated carbocycles. The predicted octanol–water partition coefficient (Wildman–Crippen LogP) is 1.05. The van der Waals surface area contributed by atoms with Crippen molar-refractivity contribution in [3.8, 4) is 0 Å². The van der Waals surface area contributed by atoms with Gasteiger partial charge in [-0.2, -0.15) is 0 Å². The zero-order chi connectivity index (χ0) is 20.8. The van der Waals surface area contributed by atoms with Gasteiger partial charge in [-0.25, -0.2) is 0 Å². The second kappa shape index (κ2) is 10.2. The van der Waals surface area contributed by atoms with Crippen molar-refractivity contribution in [1.82, 2.24) is 15.1 Å². The molecular formula is C19H25BBrN3O5. The highest BCUT2D eigenvalue weighted by Crippen LogP contribution is 2.20. The summed E-state index contributed by atoms with van der Waals surface area (Å²) < 4.78 is 11.5. The standard InChI is InChI=1S/C19H25BBrN3O5/c1-23-12-17(25)28-20(29-18(26)13-23)8-10-24-9-4-7-16(24)19(27)22-11-14-5-2-3-6-15(14)21/h2-3,5-6,16H,4,7-13H2,1H3,(H,22,27)/t16-/m0/s1. The Bertz CT molecular complexity index is 745. The normalized spacial score (nSPS) is 21.3. The van der Waals surface area contributed by atoms with Crippen LogP contribution in [0.25, 0.3) is 0 Å². The molecule has 0 spiro atoms. The molecule has 0 aromatic heterocycles. The van der Waals surface area contributed by atoms with E-state index in [1.807, 2.05) is 24.3 Å². The van der Waals surface area contributed by atoms with Crippen LogP contribution in [-0.2, 0) is 30.2 Å². The third kappa shape index (κ3) is 6.29. The fraction of sp³-hybridized carbons (Fsp3) is 0.526. The summed E-state index contributed by atoms with van der Waals surface area (Å²) in [4.78, 5) is 40.0. The van der Waals surface area contributed by atoms with E-state index < -0.39 is 19.1 Å². The number of hydrogen-bond donors (Lipinski definition) is 1. The number of halogens is 1. The molecule has 1 aromatic carbocycles. The van der Waals surface area contributed by atoms with E-state index in [4.69, 9.17) is 9.31 Å². The highest BCUT2D eigenvalue weighted by molar-refractivity contribution is 9.10. The van der Waals surface area contributed by atoms with E-state index in [2.05, 4.69) is 26.1 Å². The average Bonchev–Trinajstić information content (AvgIpc) is 3.12. The Morgan fingerprint density at radius 3 is 2.62 bits per heavy atom. The first-order valence-electron chi connectivity index (χ1n) is 9.75. The number of carbonyl (C=O) groups is 3. The minimum Gasteiger partial charge on any atom is -0.498 e. The van der Waals surface area contributed by atoms with Crippen LogP contribution in [0, 0.1) is 0 Å². The number of nitrogens with one attached hydrogen (secondary N) is 1. The minimum atomic E-state index is -0.909. The molecule has 0 bridgehead atoms. The number of likely N-dealkylation sites (tertiary alicyclic amines) is 1. The van der Waals surface area contributed by atoms with Gasteiger partial charge in [0.25, 0.3) is 0 Å². The lowest BCUT2D eigenvalue weighted by Gasteiger charge is -2.26. The van der Waals surface area contributed by atoms with Crippen molar-refractivity contribution in [2.75, 3.05) is 33.2 Å². The first kappa shape index (κ1) is 21.8. The summed E-state index contributed by atoms with van der Waals surface area (Å²) in [6, 6.07) is 7.54. The number of rotatable bonds is 6. The molecule has 29 heavy (non-hydrogen) atoms. The summed E-state index contributed by atoms with van der Waals surface area (Å²) in [5.41, 5.74) is 1.02. The van der Waals surface area contributed by atoms with Gasteiger partial charge in [0.1, 0.15) is 0 Å². The van der Waals surface area contributed by atoms with E-state index >= 15 is 0 Å². The Kier molecular flexibility index (Phi) is 7.68. The van der Waals surface area contributed by atoms with Gasteiger partial charge >= 0.3 is 19.1 Å². The van der Waals surface area contributed by atoms with Gasteiger partial charge < -0.3 is 14.6 Å². The van der Waals surface area contributed by atoms with E-state index in [9.17, 15) is 14.4 Å². The highest BCUT2D eigenvalue weighted by atomic mass is 79.9. The number of carbonyl (C=O) groups excluding carboxylic acids is 3. The monoisotopic (exact) mass is 465 g/mol. The van der Waals surface area contributed by atoms with Crippen molar-refractivity contribution in [2.24, 2.45) is 0 Å². The zero-order valence-corrected chi connectivity index (χ0v) is 18.0. The number of hydrogen-bond acceptors (Lipinski definition) is 7. The number of likely N-dealkylation sites (N-methyl/N-ethyl adjacent to an activating group) is 1. The highest BCUT2D eigenvalue weighted by Gasteiger charge is 2.35. The molecule has 1 atom stereocenters. The summed E-state index contributed by atoms with van der Waals surface area (Å²) in [7, 11) is 0.748. The molecule has 1 amide bonds. The maximum Gasteiger partial charge on any atom is 0.599 e. The van der Waals surface area contributed by atoms with Gasteiger partial charge in [-0.1, -0.05) is 34.1 Å². The molecule has 2 saturated heterocycles. The van der Waals surface area contributed by atoms with Crippen molar-refractivity contribution in [3.05, 3.63) is 34.3 Å². The van der Waals surface area contributed by atoms with Crippen LogP contribution in [0.4, 0.5) is 0 Å². The summed E-state index contributed by atoms with van der Waals surface area (Å²) in [5, 5.41) is 3.00. The largest absolute Gasteiger partial charge is 0.599 e. The lowest BCUT2D eigenvalue weighted by Crippen LogP contribution is -2.46. The fourth-order valence-corrected chi connectivity index (χ4v) is 4.04. The van der Waals surface area contributed by atoms with Crippen molar-refractivity contribution in [2.45, 2.75) is 31.7 Å². The Balaban J connectivity index is 1.51. The quantitative estimate of drug-likeness (QED) is 0.628. The van der Waals surface area contributed by atoms with Gasteiger partial charge in [-0.15, -0.1) is 0 Å². The molecule has 1 aromatic rings. The number of nitrogens with zero attached hydrogens (tertiary/aromatic N) is 2. The van der Waals surface area contributed by atoms with Crippen LogP contribution in [0.5, 0.6) is 0 Å². The van der Waals surface area contributed by atoms with Gasteiger partial charge in [0.2, 0.25) is 5.91 Å². The van der Waals surface area contributed by atoms with Crippen LogP contribution >= 0.6 is 15.9 Å². The summed E-state index contributed by atoms with van der Waals surface area (Å²) in [5.74, 6) is -0.866. The van der Waals surface area contributed by atoms with Crippen LogP contribution in [0.15, 0.2) is 28.7 Å². The maximum absolute atomic E-state index is 12.7. The van der Waals surface area contributed by atoms with E-state index in [0.717, 1.165) is 29.4 Å². The molecule has 2 aliphatic heterocycles. The van der Waals surface area contributed by atoms with Crippen LogP contribution in [-0.4, -0.2) is 74.0 Å². The Hall–Kier alpha value is -1.91. The molecule has 10 heteroatoms. The van der Waals surface area contributed by atoms with Crippen LogP contribution in [0.1, 0.15) is 18.4 Å². The van der Waals surface area contributed by atoms with Crippen molar-refractivity contribution < 1.29 is 23.7 Å². The van der Waals surface area contributed by atoms with Crippen LogP contribution in [0.3, 0.4) is 0 Å². The molecule has 0 radical (unpaired) electrons. The molecular weight excluding hydrogens is 441 g/mol. The maximum atomic E-state index is 12.7. The van der Waals surface area contributed by atoms with Gasteiger partial charge in [-0.3, -0.25) is 24.2 Å². The smallest absolute Gasteiger partial charge is 0.498 e. The van der Waals surface area contributed by atoms with Crippen molar-refractivity contribution >= 4 is 40.9 Å². The van der Waals surface area contributed by atoms with Crippen molar-refractivity contribution in [3.63, 3.8) is 0 Å².